The minimum atomic E-state index is -0.868. The van der Waals surface area contributed by atoms with Gasteiger partial charge in [-0.15, -0.1) is 10.2 Å². The largest absolute Gasteiger partial charge is 0.371 e. The molecule has 17 heteroatoms. The van der Waals surface area contributed by atoms with Crippen LogP contribution in [0.25, 0.3) is 0 Å². The van der Waals surface area contributed by atoms with E-state index in [1.165, 1.54) is 5.56 Å². The highest BCUT2D eigenvalue weighted by atomic mass is 16.2. The van der Waals surface area contributed by atoms with Gasteiger partial charge in [-0.3, -0.25) is 29.3 Å². The molecule has 6 aliphatic heterocycles. The fraction of sp³-hybridized carbons (Fsp3) is 0.553. The predicted octanol–water partition coefficient (Wildman–Crippen LogP) is 3.97. The maximum absolute atomic E-state index is 13.4. The summed E-state index contributed by atoms with van der Waals surface area (Å²) in [6, 6.07) is 14.2. The smallest absolute Gasteiger partial charge is 0.320 e. The summed E-state index contributed by atoms with van der Waals surface area (Å²) in [6.07, 6.45) is 7.99. The number of imide groups is 1. The third kappa shape index (κ3) is 8.07. The van der Waals surface area contributed by atoms with E-state index in [0.717, 1.165) is 109 Å². The van der Waals surface area contributed by atoms with Crippen molar-refractivity contribution >= 4 is 58.5 Å². The van der Waals surface area contributed by atoms with Crippen molar-refractivity contribution in [3.63, 3.8) is 0 Å². The molecule has 0 radical (unpaired) electrons. The SMILES string of the molecule is CN1CCN(C2CC3CCC2N(c2nnc(C(N)=O)c(Nc4ccc(C5CCN(CC6CCN(c7ccc8c(c7)C(=O)C(CC7CCC(=O)NC7=O)C8=O)CC6)CC5)cc4)n2)C3)C1=O. The lowest BCUT2D eigenvalue weighted by Crippen LogP contribution is -2.62. The summed E-state index contributed by atoms with van der Waals surface area (Å²) in [5.74, 6) is -1.06. The summed E-state index contributed by atoms with van der Waals surface area (Å²) in [5.41, 5.74) is 9.63. The number of carbonyl (C=O) groups is 6. The van der Waals surface area contributed by atoms with Gasteiger partial charge in [0.05, 0.1) is 18.0 Å². The second kappa shape index (κ2) is 17.2. The zero-order chi connectivity index (χ0) is 44.2. The number of hydrogen-bond acceptors (Lipinski definition) is 13. The van der Waals surface area contributed by atoms with Gasteiger partial charge in [0.1, 0.15) is 0 Å². The Labute approximate surface area is 372 Å². The molecule has 5 atom stereocenters. The molecule has 7 fully saturated rings. The number of likely N-dealkylation sites (N-methyl/N-ethyl adjacent to an activating group) is 1. The Hall–Kier alpha value is -5.97. The highest BCUT2D eigenvalue weighted by Gasteiger charge is 2.48. The van der Waals surface area contributed by atoms with Crippen LogP contribution in [-0.2, 0) is 9.59 Å². The first-order valence-electron chi connectivity index (χ1n) is 23.2. The van der Waals surface area contributed by atoms with Crippen molar-refractivity contribution in [2.75, 3.05) is 74.5 Å². The van der Waals surface area contributed by atoms with Gasteiger partial charge in [0.25, 0.3) is 5.91 Å². The van der Waals surface area contributed by atoms with E-state index in [1.807, 2.05) is 36.2 Å². The van der Waals surface area contributed by atoms with Crippen LogP contribution in [0.2, 0.25) is 0 Å². The zero-order valence-corrected chi connectivity index (χ0v) is 36.4. The molecule has 64 heavy (non-hydrogen) atoms. The molecule has 4 N–H and O–H groups in total. The molecule has 17 nitrogen and oxygen atoms in total. The molecule has 2 bridgehead atoms. The first-order valence-corrected chi connectivity index (χ1v) is 23.2. The number of fused-ring (bicyclic) bond motifs is 4. The van der Waals surface area contributed by atoms with Crippen LogP contribution in [0.4, 0.5) is 27.9 Å². The molecule has 11 rings (SSSR count). The Bertz CT molecular complexity index is 2360. The third-order valence-corrected chi connectivity index (χ3v) is 15.3. The van der Waals surface area contributed by atoms with E-state index in [2.05, 4.69) is 47.7 Å². The van der Waals surface area contributed by atoms with Gasteiger partial charge in [-0.05, 0) is 125 Å². The average molecular weight is 872 g/mol. The number of nitrogens with two attached hydrogens (primary N) is 1. The molecule has 6 saturated heterocycles. The van der Waals surface area contributed by atoms with Crippen LogP contribution in [-0.4, -0.2) is 137 Å². The Kier molecular flexibility index (Phi) is 11.3. The number of nitrogens with zero attached hydrogens (tertiary/aromatic N) is 8. The van der Waals surface area contributed by atoms with Crippen LogP contribution in [0.3, 0.4) is 0 Å². The topological polar surface area (TPSA) is 207 Å². The molecular formula is C47H57N11O6. The quantitative estimate of drug-likeness (QED) is 0.185. The predicted molar refractivity (Wildman–Crippen MR) is 238 cm³/mol. The average Bonchev–Trinajstić information content (AvgIpc) is 3.76. The highest BCUT2D eigenvalue weighted by molar-refractivity contribution is 6.27. The molecule has 2 aromatic carbocycles. The zero-order valence-electron chi connectivity index (χ0n) is 36.4. The van der Waals surface area contributed by atoms with Gasteiger partial charge < -0.3 is 35.6 Å². The molecule has 3 aromatic rings. The van der Waals surface area contributed by atoms with Crippen LogP contribution in [0, 0.1) is 23.7 Å². The molecule has 5 amide bonds. The lowest BCUT2D eigenvalue weighted by Gasteiger charge is -2.52. The second-order valence-corrected chi connectivity index (χ2v) is 19.2. The molecule has 7 heterocycles. The van der Waals surface area contributed by atoms with E-state index in [9.17, 15) is 28.8 Å². The van der Waals surface area contributed by atoms with Crippen molar-refractivity contribution in [3.8, 4) is 0 Å². The Morgan fingerprint density at radius 2 is 1.58 bits per heavy atom. The Morgan fingerprint density at radius 3 is 2.28 bits per heavy atom. The van der Waals surface area contributed by atoms with Crippen molar-refractivity contribution in [3.05, 3.63) is 64.8 Å². The lowest BCUT2D eigenvalue weighted by atomic mass is 9.76. The highest BCUT2D eigenvalue weighted by Crippen LogP contribution is 2.41. The maximum atomic E-state index is 13.4. The fourth-order valence-electron chi connectivity index (χ4n) is 11.7. The number of hydrogen-bond donors (Lipinski definition) is 3. The van der Waals surface area contributed by atoms with Crippen molar-refractivity contribution in [2.24, 2.45) is 29.4 Å². The first-order chi connectivity index (χ1) is 31.0. The van der Waals surface area contributed by atoms with Gasteiger partial charge in [0.2, 0.25) is 17.8 Å². The van der Waals surface area contributed by atoms with Crippen molar-refractivity contribution in [1.29, 1.82) is 0 Å². The summed E-state index contributed by atoms with van der Waals surface area (Å²) in [5, 5.41) is 14.3. The number of aromatic nitrogens is 3. The third-order valence-electron chi connectivity index (χ3n) is 15.3. The molecule has 1 saturated carbocycles. The maximum Gasteiger partial charge on any atom is 0.320 e. The number of anilines is 4. The summed E-state index contributed by atoms with van der Waals surface area (Å²) >= 11 is 0. The monoisotopic (exact) mass is 871 g/mol. The molecule has 5 unspecified atom stereocenters. The standard InChI is InChI=1S/C47H57N11O6/c1-54-20-21-57(47(54)64)38-22-28-2-10-37(38)58(26-28)46-51-44(40(43(48)62)52-53-46)49-32-6-3-29(4-7-32)30-14-16-55(17-15-30)25-27-12-18-56(19-13-27)33-8-9-34-35(24-33)42(61)36(41(34)60)23-31-5-11-39(59)50-45(31)63/h3-4,6-9,24,27-28,30-31,36-38H,2,5,10-23,25-26H2,1H3,(H2,48,62)(H,49,51,53)(H,50,59,63). The van der Waals surface area contributed by atoms with Crippen molar-refractivity contribution < 1.29 is 28.8 Å². The summed E-state index contributed by atoms with van der Waals surface area (Å²) < 4.78 is 0. The van der Waals surface area contributed by atoms with Gasteiger partial charge in [-0.2, -0.15) is 4.98 Å². The molecule has 8 aliphatic rings. The number of ketones is 2. The Morgan fingerprint density at radius 1 is 0.812 bits per heavy atom. The van der Waals surface area contributed by atoms with Crippen molar-refractivity contribution in [2.45, 2.75) is 82.2 Å². The minimum absolute atomic E-state index is 0.0168. The van der Waals surface area contributed by atoms with Gasteiger partial charge in [0.15, 0.2) is 23.1 Å². The Balaban J connectivity index is 0.707. The van der Waals surface area contributed by atoms with E-state index in [0.29, 0.717) is 41.2 Å². The number of amides is 5. The van der Waals surface area contributed by atoms with E-state index in [1.54, 1.807) is 11.0 Å². The fourth-order valence-corrected chi connectivity index (χ4v) is 11.7. The van der Waals surface area contributed by atoms with E-state index in [-0.39, 0.29) is 59.9 Å². The summed E-state index contributed by atoms with van der Waals surface area (Å²) in [4.78, 5) is 91.7. The minimum Gasteiger partial charge on any atom is -0.371 e. The first kappa shape index (κ1) is 42.0. The number of Topliss-reactive ketones (excluding diaryl/α,β-unsaturated/α-hetero) is 2. The van der Waals surface area contributed by atoms with E-state index in [4.69, 9.17) is 10.7 Å². The van der Waals surface area contributed by atoms with Crippen LogP contribution in [0.15, 0.2) is 42.5 Å². The number of carbonyl (C=O) groups excluding carboxylic acids is 6. The second-order valence-electron chi connectivity index (χ2n) is 19.2. The summed E-state index contributed by atoms with van der Waals surface area (Å²) in [6.45, 7) is 7.12. The van der Waals surface area contributed by atoms with Gasteiger partial charge in [0, 0.05) is 81.2 Å². The normalized spacial score (nSPS) is 26.8. The van der Waals surface area contributed by atoms with Crippen LogP contribution in [0.5, 0.6) is 0 Å². The molecule has 2 aliphatic carbocycles. The summed E-state index contributed by atoms with van der Waals surface area (Å²) in [7, 11) is 1.85. The molecular weight excluding hydrogens is 815 g/mol. The number of rotatable bonds is 11. The van der Waals surface area contributed by atoms with Gasteiger partial charge >= 0.3 is 6.03 Å². The number of piperidine rings is 5. The van der Waals surface area contributed by atoms with Crippen LogP contribution in [0.1, 0.15) is 107 Å². The number of benzene rings is 2. The number of likely N-dealkylation sites (tertiary alicyclic amines) is 1. The number of urea groups is 1. The van der Waals surface area contributed by atoms with Crippen LogP contribution < -0.4 is 26.2 Å². The van der Waals surface area contributed by atoms with E-state index < -0.39 is 23.7 Å². The van der Waals surface area contributed by atoms with Gasteiger partial charge in [-0.1, -0.05) is 12.1 Å². The van der Waals surface area contributed by atoms with Crippen molar-refractivity contribution in [1.82, 2.24) is 35.2 Å². The number of nitrogens with one attached hydrogen (secondary N) is 2. The van der Waals surface area contributed by atoms with Crippen LogP contribution >= 0.6 is 0 Å². The van der Waals surface area contributed by atoms with Gasteiger partial charge in [-0.25, -0.2) is 4.79 Å². The lowest BCUT2D eigenvalue weighted by molar-refractivity contribution is -0.136. The molecule has 336 valence electrons. The van der Waals surface area contributed by atoms with E-state index >= 15 is 0 Å². The number of primary amides is 1. The molecule has 0 spiro atoms. The molecule has 1 aromatic heterocycles.